The van der Waals surface area contributed by atoms with Gasteiger partial charge >= 0.3 is 0 Å². The summed E-state index contributed by atoms with van der Waals surface area (Å²) in [7, 11) is 0. The molecule has 1 aromatic rings. The molecule has 1 amide bonds. The lowest BCUT2D eigenvalue weighted by atomic mass is 10.3. The third kappa shape index (κ3) is 2.85. The Labute approximate surface area is 95.6 Å². The van der Waals surface area contributed by atoms with Crippen LogP contribution in [0.3, 0.4) is 0 Å². The summed E-state index contributed by atoms with van der Waals surface area (Å²) in [6.45, 7) is 3.95. The lowest BCUT2D eigenvalue weighted by Crippen LogP contribution is -2.39. The number of hydrogen-bond acceptors (Lipinski definition) is 3. The molecule has 1 heterocycles. The van der Waals surface area contributed by atoms with Crippen molar-refractivity contribution in [1.82, 2.24) is 10.2 Å². The molecule has 4 nitrogen and oxygen atoms in total. The van der Waals surface area contributed by atoms with Crippen molar-refractivity contribution in [2.24, 2.45) is 0 Å². The van der Waals surface area contributed by atoms with Gasteiger partial charge in [-0.15, -0.1) is 0 Å². The molecule has 0 bridgehead atoms. The zero-order chi connectivity index (χ0) is 11.4. The van der Waals surface area contributed by atoms with E-state index in [2.05, 4.69) is 5.32 Å². The van der Waals surface area contributed by atoms with Gasteiger partial charge in [-0.25, -0.2) is 0 Å². The summed E-state index contributed by atoms with van der Waals surface area (Å²) < 4.78 is 4.95. The third-order valence-electron chi connectivity index (χ3n) is 2.83. The fraction of sp³-hybridized carbons (Fsp3) is 0.583. The van der Waals surface area contributed by atoms with Crippen molar-refractivity contribution in [2.75, 3.05) is 13.1 Å². The van der Waals surface area contributed by atoms with Crippen LogP contribution in [-0.4, -0.2) is 29.9 Å². The van der Waals surface area contributed by atoms with Crippen LogP contribution in [0.1, 0.15) is 25.3 Å². The summed E-state index contributed by atoms with van der Waals surface area (Å²) in [6.07, 6.45) is 5.67. The van der Waals surface area contributed by atoms with E-state index in [0.29, 0.717) is 19.1 Å². The summed E-state index contributed by atoms with van der Waals surface area (Å²) in [6, 6.07) is 2.41. The standard InChI is InChI=1S/C12H18N2O2/c1-2-14(11-3-4-11)12(15)8-13-7-10-5-6-16-9-10/h5-6,9,11,13H,2-4,7-8H2,1H3. The molecule has 4 heteroatoms. The molecule has 0 spiro atoms. The number of nitrogens with zero attached hydrogens (tertiary/aromatic N) is 1. The molecule has 1 aliphatic rings. The summed E-state index contributed by atoms with van der Waals surface area (Å²) in [5.74, 6) is 0.202. The van der Waals surface area contributed by atoms with E-state index in [4.69, 9.17) is 4.42 Å². The van der Waals surface area contributed by atoms with Gasteiger partial charge in [0.15, 0.2) is 0 Å². The Morgan fingerprint density at radius 2 is 2.44 bits per heavy atom. The first-order valence-electron chi connectivity index (χ1n) is 5.82. The molecule has 0 saturated heterocycles. The SMILES string of the molecule is CCN(C(=O)CNCc1ccoc1)C1CC1. The Balaban J connectivity index is 1.70. The zero-order valence-electron chi connectivity index (χ0n) is 9.61. The Kier molecular flexibility index (Phi) is 3.62. The van der Waals surface area contributed by atoms with Gasteiger partial charge in [0.2, 0.25) is 5.91 Å². The minimum atomic E-state index is 0.202. The van der Waals surface area contributed by atoms with E-state index in [1.54, 1.807) is 12.5 Å². The highest BCUT2D eigenvalue weighted by Gasteiger charge is 2.30. The van der Waals surface area contributed by atoms with Crippen molar-refractivity contribution in [3.8, 4) is 0 Å². The molecule has 0 atom stereocenters. The minimum absolute atomic E-state index is 0.202. The van der Waals surface area contributed by atoms with E-state index in [1.807, 2.05) is 17.9 Å². The number of rotatable bonds is 6. The summed E-state index contributed by atoms with van der Waals surface area (Å²) in [4.78, 5) is 13.8. The van der Waals surface area contributed by atoms with Gasteiger partial charge in [0.1, 0.15) is 0 Å². The molecule has 0 aromatic carbocycles. The molecule has 1 fully saturated rings. The van der Waals surface area contributed by atoms with E-state index >= 15 is 0 Å². The molecule has 0 aliphatic heterocycles. The smallest absolute Gasteiger partial charge is 0.236 e. The van der Waals surface area contributed by atoms with Crippen molar-refractivity contribution in [1.29, 1.82) is 0 Å². The van der Waals surface area contributed by atoms with Crippen LogP contribution in [0.4, 0.5) is 0 Å². The molecule has 88 valence electrons. The molecular weight excluding hydrogens is 204 g/mol. The van der Waals surface area contributed by atoms with Crippen LogP contribution >= 0.6 is 0 Å². The maximum absolute atomic E-state index is 11.8. The van der Waals surface area contributed by atoms with Gasteiger partial charge in [0, 0.05) is 24.7 Å². The number of hydrogen-bond donors (Lipinski definition) is 1. The fourth-order valence-corrected chi connectivity index (χ4v) is 1.83. The predicted octanol–water partition coefficient (Wildman–Crippen LogP) is 1.38. The first-order chi connectivity index (χ1) is 7.81. The van der Waals surface area contributed by atoms with Gasteiger partial charge in [-0.3, -0.25) is 4.79 Å². The molecule has 1 aromatic heterocycles. The first kappa shape index (κ1) is 11.2. The second-order valence-electron chi connectivity index (χ2n) is 4.15. The van der Waals surface area contributed by atoms with Crippen molar-refractivity contribution in [2.45, 2.75) is 32.4 Å². The fourth-order valence-electron chi connectivity index (χ4n) is 1.83. The van der Waals surface area contributed by atoms with E-state index in [1.165, 1.54) is 12.8 Å². The lowest BCUT2D eigenvalue weighted by molar-refractivity contribution is -0.130. The number of amides is 1. The average molecular weight is 222 g/mol. The van der Waals surface area contributed by atoms with E-state index in [0.717, 1.165) is 12.1 Å². The van der Waals surface area contributed by atoms with Crippen LogP contribution in [0.2, 0.25) is 0 Å². The summed E-state index contributed by atoms with van der Waals surface area (Å²) in [5, 5.41) is 3.13. The maximum Gasteiger partial charge on any atom is 0.236 e. The Bertz CT molecular complexity index is 331. The van der Waals surface area contributed by atoms with Crippen molar-refractivity contribution >= 4 is 5.91 Å². The number of furan rings is 1. The molecule has 0 unspecified atom stereocenters. The predicted molar refractivity (Wildman–Crippen MR) is 60.8 cm³/mol. The van der Waals surface area contributed by atoms with Gasteiger partial charge in [0.05, 0.1) is 19.1 Å². The Hall–Kier alpha value is -1.29. The number of carbonyl (C=O) groups is 1. The average Bonchev–Trinajstić information content (AvgIpc) is 2.96. The third-order valence-corrected chi connectivity index (χ3v) is 2.83. The van der Waals surface area contributed by atoms with Gasteiger partial charge in [0.25, 0.3) is 0 Å². The van der Waals surface area contributed by atoms with Crippen molar-refractivity contribution in [3.05, 3.63) is 24.2 Å². The van der Waals surface area contributed by atoms with Crippen LogP contribution in [0.25, 0.3) is 0 Å². The number of likely N-dealkylation sites (N-methyl/N-ethyl adjacent to an activating group) is 1. The van der Waals surface area contributed by atoms with Crippen molar-refractivity contribution < 1.29 is 9.21 Å². The molecular formula is C12H18N2O2. The summed E-state index contributed by atoms with van der Waals surface area (Å²) in [5.41, 5.74) is 1.07. The highest BCUT2D eigenvalue weighted by atomic mass is 16.3. The van der Waals surface area contributed by atoms with Gasteiger partial charge in [-0.05, 0) is 25.8 Å². The van der Waals surface area contributed by atoms with Crippen LogP contribution in [-0.2, 0) is 11.3 Å². The van der Waals surface area contributed by atoms with Crippen molar-refractivity contribution in [3.63, 3.8) is 0 Å². The van der Waals surface area contributed by atoms with Gasteiger partial charge < -0.3 is 14.6 Å². The highest BCUT2D eigenvalue weighted by molar-refractivity contribution is 5.78. The molecule has 0 radical (unpaired) electrons. The van der Waals surface area contributed by atoms with Gasteiger partial charge in [-0.1, -0.05) is 0 Å². The molecule has 16 heavy (non-hydrogen) atoms. The minimum Gasteiger partial charge on any atom is -0.472 e. The van der Waals surface area contributed by atoms with Gasteiger partial charge in [-0.2, -0.15) is 0 Å². The quantitative estimate of drug-likeness (QED) is 0.791. The van der Waals surface area contributed by atoms with E-state index < -0.39 is 0 Å². The number of nitrogens with one attached hydrogen (secondary N) is 1. The normalized spacial score (nSPS) is 15.1. The lowest BCUT2D eigenvalue weighted by Gasteiger charge is -2.20. The highest BCUT2D eigenvalue weighted by Crippen LogP contribution is 2.26. The molecule has 2 rings (SSSR count). The monoisotopic (exact) mass is 222 g/mol. The van der Waals surface area contributed by atoms with E-state index in [9.17, 15) is 4.79 Å². The second kappa shape index (κ2) is 5.16. The molecule has 1 saturated carbocycles. The molecule has 1 aliphatic carbocycles. The van der Waals surface area contributed by atoms with Crippen LogP contribution in [0.15, 0.2) is 23.0 Å². The maximum atomic E-state index is 11.8. The van der Waals surface area contributed by atoms with Crippen LogP contribution in [0, 0.1) is 0 Å². The summed E-state index contributed by atoms with van der Waals surface area (Å²) >= 11 is 0. The largest absolute Gasteiger partial charge is 0.472 e. The topological polar surface area (TPSA) is 45.5 Å². The Morgan fingerprint density at radius 1 is 1.62 bits per heavy atom. The molecule has 1 N–H and O–H groups in total. The van der Waals surface area contributed by atoms with Crippen LogP contribution in [0.5, 0.6) is 0 Å². The van der Waals surface area contributed by atoms with E-state index in [-0.39, 0.29) is 5.91 Å². The number of carbonyl (C=O) groups excluding carboxylic acids is 1. The Morgan fingerprint density at radius 3 is 3.00 bits per heavy atom. The first-order valence-corrected chi connectivity index (χ1v) is 5.82. The second-order valence-corrected chi connectivity index (χ2v) is 4.15. The zero-order valence-corrected chi connectivity index (χ0v) is 9.61. The van der Waals surface area contributed by atoms with Crippen LogP contribution < -0.4 is 5.32 Å².